The van der Waals surface area contributed by atoms with Crippen molar-refractivity contribution in [3.05, 3.63) is 39.9 Å². The molecule has 2 heterocycles. The largest absolute Gasteiger partial charge is 0.373 e. The van der Waals surface area contributed by atoms with Crippen molar-refractivity contribution in [1.82, 2.24) is 14.8 Å². The maximum atomic E-state index is 12.8. The normalized spacial score (nSPS) is 12.1. The molecule has 0 N–H and O–H groups in total. The summed E-state index contributed by atoms with van der Waals surface area (Å²) in [5, 5.41) is 5.15. The summed E-state index contributed by atoms with van der Waals surface area (Å²) in [6.07, 6.45) is 6.81. The number of hydrogen-bond acceptors (Lipinski definition) is 6. The van der Waals surface area contributed by atoms with E-state index in [9.17, 15) is 9.18 Å². The molecule has 8 heteroatoms. The van der Waals surface area contributed by atoms with Crippen molar-refractivity contribution >= 4 is 22.7 Å². The number of aromatic nitrogens is 3. The molecule has 0 aliphatic heterocycles. The van der Waals surface area contributed by atoms with Crippen LogP contribution in [0.1, 0.15) is 11.9 Å². The minimum atomic E-state index is -0.826. The van der Waals surface area contributed by atoms with Gasteiger partial charge in [-0.05, 0) is 19.9 Å². The van der Waals surface area contributed by atoms with E-state index >= 15 is 0 Å². The lowest BCUT2D eigenvalue weighted by molar-refractivity contribution is 0.510. The molecule has 0 saturated carbocycles. The third kappa shape index (κ3) is 3.94. The molecule has 0 aliphatic rings. The van der Waals surface area contributed by atoms with Crippen molar-refractivity contribution in [3.8, 4) is 10.4 Å². The van der Waals surface area contributed by atoms with E-state index < -0.39 is 6.80 Å². The zero-order chi connectivity index (χ0) is 17.7. The van der Waals surface area contributed by atoms with E-state index in [2.05, 4.69) is 15.1 Å². The molecule has 0 spiro atoms. The monoisotopic (exact) mass is 349 g/mol. The molecule has 0 atom stereocenters. The SMILES string of the molecule is C/C=C\C(Cn1ncc(-c2cnc(C)s2)c(N(C)C)c1=O)=NCF. The standard InChI is InChI=1S/C16H20FN5OS/c1-5-6-12(19-10-17)9-22-16(23)15(21(3)4)13(7-20-22)14-8-18-11(2)24-14/h5-8H,9-10H2,1-4H3/b6-5-,19-12?. The molecule has 6 nitrogen and oxygen atoms in total. The summed E-state index contributed by atoms with van der Waals surface area (Å²) in [7, 11) is 3.61. The number of allylic oxidation sites excluding steroid dienone is 2. The average molecular weight is 349 g/mol. The van der Waals surface area contributed by atoms with Crippen LogP contribution in [0.4, 0.5) is 10.1 Å². The second-order valence-corrected chi connectivity index (χ2v) is 6.51. The molecule has 0 radical (unpaired) electrons. The van der Waals surface area contributed by atoms with Crippen LogP contribution in [0.25, 0.3) is 10.4 Å². The highest BCUT2D eigenvalue weighted by molar-refractivity contribution is 7.15. The Hall–Kier alpha value is -2.35. The van der Waals surface area contributed by atoms with Gasteiger partial charge in [0, 0.05) is 25.9 Å². The minimum Gasteiger partial charge on any atom is -0.373 e. The number of aryl methyl sites for hydroxylation is 1. The lowest BCUT2D eigenvalue weighted by Gasteiger charge is -2.17. The zero-order valence-electron chi connectivity index (χ0n) is 14.2. The first kappa shape index (κ1) is 18.0. The zero-order valence-corrected chi connectivity index (χ0v) is 15.0. The van der Waals surface area contributed by atoms with Gasteiger partial charge in [0.15, 0.2) is 6.80 Å². The molecule has 0 unspecified atom stereocenters. The molecule has 0 saturated heterocycles. The van der Waals surface area contributed by atoms with Gasteiger partial charge in [0.2, 0.25) is 0 Å². The molecular weight excluding hydrogens is 329 g/mol. The Labute approximate surface area is 144 Å². The van der Waals surface area contributed by atoms with Crippen molar-refractivity contribution in [2.45, 2.75) is 20.4 Å². The second kappa shape index (κ2) is 7.96. The molecule has 2 rings (SSSR count). The molecule has 0 aromatic carbocycles. The second-order valence-electron chi connectivity index (χ2n) is 5.28. The lowest BCUT2D eigenvalue weighted by atomic mass is 10.2. The number of alkyl halides is 1. The van der Waals surface area contributed by atoms with Gasteiger partial charge in [0.05, 0.1) is 28.3 Å². The van der Waals surface area contributed by atoms with Gasteiger partial charge in [-0.3, -0.25) is 9.79 Å². The summed E-state index contributed by atoms with van der Waals surface area (Å²) in [6, 6.07) is 0. The molecule has 2 aromatic heterocycles. The van der Waals surface area contributed by atoms with Gasteiger partial charge in [-0.15, -0.1) is 11.3 Å². The van der Waals surface area contributed by atoms with Crippen molar-refractivity contribution in [2.24, 2.45) is 4.99 Å². The lowest BCUT2D eigenvalue weighted by Crippen LogP contribution is -2.31. The van der Waals surface area contributed by atoms with Crippen LogP contribution in [-0.4, -0.2) is 41.4 Å². The molecular formula is C16H20FN5OS. The van der Waals surface area contributed by atoms with Crippen LogP contribution in [0.5, 0.6) is 0 Å². The Kier molecular flexibility index (Phi) is 5.97. The van der Waals surface area contributed by atoms with E-state index in [0.717, 1.165) is 15.4 Å². The Balaban J connectivity index is 2.52. The van der Waals surface area contributed by atoms with Crippen molar-refractivity contribution < 1.29 is 4.39 Å². The molecule has 0 amide bonds. The van der Waals surface area contributed by atoms with Gasteiger partial charge in [-0.1, -0.05) is 6.08 Å². The fourth-order valence-corrected chi connectivity index (χ4v) is 3.06. The Bertz CT molecular complexity index is 822. The average Bonchev–Trinajstić information content (AvgIpc) is 2.95. The van der Waals surface area contributed by atoms with Crippen LogP contribution in [0.3, 0.4) is 0 Å². The van der Waals surface area contributed by atoms with Crippen molar-refractivity contribution in [1.29, 1.82) is 0 Å². The summed E-state index contributed by atoms with van der Waals surface area (Å²) < 4.78 is 13.8. The van der Waals surface area contributed by atoms with Crippen LogP contribution in [0, 0.1) is 6.92 Å². The minimum absolute atomic E-state index is 0.121. The highest BCUT2D eigenvalue weighted by Gasteiger charge is 2.17. The van der Waals surface area contributed by atoms with Gasteiger partial charge >= 0.3 is 0 Å². The first-order chi connectivity index (χ1) is 11.5. The quantitative estimate of drug-likeness (QED) is 0.594. The van der Waals surface area contributed by atoms with Gasteiger partial charge in [-0.25, -0.2) is 14.1 Å². The van der Waals surface area contributed by atoms with Crippen LogP contribution in [0.2, 0.25) is 0 Å². The molecule has 0 fully saturated rings. The Morgan fingerprint density at radius 2 is 2.21 bits per heavy atom. The van der Waals surface area contributed by atoms with E-state index in [0.29, 0.717) is 11.4 Å². The number of halogens is 1. The number of aliphatic imine (C=N–C) groups is 1. The van der Waals surface area contributed by atoms with Crippen molar-refractivity contribution in [2.75, 3.05) is 25.8 Å². The number of anilines is 1. The van der Waals surface area contributed by atoms with Crippen LogP contribution in [0.15, 0.2) is 34.3 Å². The van der Waals surface area contributed by atoms with Gasteiger partial charge in [0.1, 0.15) is 5.69 Å². The number of hydrogen-bond donors (Lipinski definition) is 0. The maximum absolute atomic E-state index is 12.8. The third-order valence-corrected chi connectivity index (χ3v) is 4.23. The Morgan fingerprint density at radius 3 is 2.75 bits per heavy atom. The smallest absolute Gasteiger partial charge is 0.291 e. The first-order valence-electron chi connectivity index (χ1n) is 7.40. The first-order valence-corrected chi connectivity index (χ1v) is 8.21. The van der Waals surface area contributed by atoms with Crippen LogP contribution < -0.4 is 10.5 Å². The summed E-state index contributed by atoms with van der Waals surface area (Å²) in [6.45, 7) is 3.02. The topological polar surface area (TPSA) is 63.4 Å². The van der Waals surface area contributed by atoms with Crippen molar-refractivity contribution in [3.63, 3.8) is 0 Å². The summed E-state index contributed by atoms with van der Waals surface area (Å²) >= 11 is 1.51. The van der Waals surface area contributed by atoms with Gasteiger partial charge in [0.25, 0.3) is 5.56 Å². The fraction of sp³-hybridized carbons (Fsp3) is 0.375. The Morgan fingerprint density at radius 1 is 1.46 bits per heavy atom. The summed E-state index contributed by atoms with van der Waals surface area (Å²) in [5.41, 5.74) is 1.47. The molecule has 2 aromatic rings. The fourth-order valence-electron chi connectivity index (χ4n) is 2.27. The van der Waals surface area contributed by atoms with E-state index in [4.69, 9.17) is 0 Å². The summed E-state index contributed by atoms with van der Waals surface area (Å²) in [5.74, 6) is 0. The number of nitrogens with zero attached hydrogens (tertiary/aromatic N) is 5. The van der Waals surface area contributed by atoms with Crippen LogP contribution in [-0.2, 0) is 6.54 Å². The number of thiazole rings is 1. The third-order valence-electron chi connectivity index (χ3n) is 3.29. The highest BCUT2D eigenvalue weighted by Crippen LogP contribution is 2.30. The van der Waals surface area contributed by atoms with Gasteiger partial charge in [-0.2, -0.15) is 5.10 Å². The molecule has 128 valence electrons. The van der Waals surface area contributed by atoms with Gasteiger partial charge < -0.3 is 4.90 Å². The molecule has 0 bridgehead atoms. The van der Waals surface area contributed by atoms with E-state index in [1.807, 2.05) is 13.8 Å². The van der Waals surface area contributed by atoms with E-state index in [1.54, 1.807) is 43.5 Å². The molecule has 0 aliphatic carbocycles. The van der Waals surface area contributed by atoms with E-state index in [1.165, 1.54) is 16.0 Å². The summed E-state index contributed by atoms with van der Waals surface area (Å²) in [4.78, 5) is 23.5. The van der Waals surface area contributed by atoms with E-state index in [-0.39, 0.29) is 12.1 Å². The van der Waals surface area contributed by atoms with Crippen LogP contribution >= 0.6 is 11.3 Å². The molecule has 24 heavy (non-hydrogen) atoms. The maximum Gasteiger partial charge on any atom is 0.291 e. The predicted octanol–water partition coefficient (Wildman–Crippen LogP) is 2.69. The number of rotatable bonds is 6. The predicted molar refractivity (Wildman–Crippen MR) is 96.9 cm³/mol. The highest BCUT2D eigenvalue weighted by atomic mass is 32.1.